The van der Waals surface area contributed by atoms with Crippen molar-refractivity contribution in [3.63, 3.8) is 0 Å². The molecule has 0 aliphatic heterocycles. The summed E-state index contributed by atoms with van der Waals surface area (Å²) in [4.78, 5) is 0. The Hall–Kier alpha value is -2.44. The van der Waals surface area contributed by atoms with Crippen LogP contribution in [0.1, 0.15) is 32.2 Å². The summed E-state index contributed by atoms with van der Waals surface area (Å²) in [7, 11) is 1.90. The van der Waals surface area contributed by atoms with E-state index in [0.29, 0.717) is 6.54 Å². The molecule has 0 atom stereocenters. The van der Waals surface area contributed by atoms with E-state index in [1.165, 1.54) is 0 Å². The van der Waals surface area contributed by atoms with Crippen LogP contribution in [-0.4, -0.2) is 29.6 Å². The summed E-state index contributed by atoms with van der Waals surface area (Å²) < 4.78 is 3.58. The Morgan fingerprint density at radius 2 is 2.00 bits per heavy atom. The molecule has 3 rings (SSSR count). The van der Waals surface area contributed by atoms with Crippen LogP contribution in [0.4, 0.5) is 5.82 Å². The van der Waals surface area contributed by atoms with Crippen LogP contribution in [0.3, 0.4) is 0 Å². The molecule has 21 heavy (non-hydrogen) atoms. The molecule has 0 amide bonds. The largest absolute Gasteiger partial charge is 0.364 e. The van der Waals surface area contributed by atoms with Gasteiger partial charge in [-0.3, -0.25) is 4.68 Å². The molecule has 0 radical (unpaired) electrons. The molecule has 0 unspecified atom stereocenters. The van der Waals surface area contributed by atoms with Crippen molar-refractivity contribution in [1.82, 2.24) is 29.6 Å². The Kier molecular flexibility index (Phi) is 3.12. The molecule has 1 N–H and O–H groups in total. The van der Waals surface area contributed by atoms with Gasteiger partial charge in [0, 0.05) is 30.8 Å². The predicted octanol–water partition coefficient (Wildman–Crippen LogP) is 1.77. The highest BCUT2D eigenvalue weighted by molar-refractivity contribution is 5.44. The third-order valence-corrected chi connectivity index (χ3v) is 3.17. The molecule has 110 valence electrons. The van der Waals surface area contributed by atoms with E-state index in [2.05, 4.69) is 46.5 Å². The van der Waals surface area contributed by atoms with Gasteiger partial charge in [0.2, 0.25) is 0 Å². The fraction of sp³-hybridized carbons (Fsp3) is 0.429. The van der Waals surface area contributed by atoms with E-state index in [1.54, 1.807) is 9.20 Å². The first-order valence-electron chi connectivity index (χ1n) is 6.88. The second-order valence-electron chi connectivity index (χ2n) is 6.14. The van der Waals surface area contributed by atoms with Crippen molar-refractivity contribution in [2.24, 2.45) is 7.05 Å². The maximum Gasteiger partial charge on any atom is 0.178 e. The molecule has 0 aliphatic rings. The highest BCUT2D eigenvalue weighted by Gasteiger charge is 2.21. The van der Waals surface area contributed by atoms with Gasteiger partial charge in [0.1, 0.15) is 5.82 Å². The van der Waals surface area contributed by atoms with Gasteiger partial charge in [-0.25, -0.2) is 0 Å². The van der Waals surface area contributed by atoms with Crippen molar-refractivity contribution < 1.29 is 0 Å². The van der Waals surface area contributed by atoms with E-state index in [1.807, 2.05) is 31.6 Å². The quantitative estimate of drug-likeness (QED) is 0.794. The minimum atomic E-state index is -0.103. The minimum absolute atomic E-state index is 0.103. The van der Waals surface area contributed by atoms with Crippen LogP contribution in [0.15, 0.2) is 24.5 Å². The van der Waals surface area contributed by atoms with Crippen molar-refractivity contribution in [3.8, 4) is 0 Å². The molecule has 0 saturated heterocycles. The van der Waals surface area contributed by atoms with Crippen LogP contribution in [0.2, 0.25) is 0 Å². The number of hydrogen-bond donors (Lipinski definition) is 1. The Labute approximate surface area is 123 Å². The van der Waals surface area contributed by atoms with Crippen LogP contribution < -0.4 is 5.32 Å². The second-order valence-corrected chi connectivity index (χ2v) is 6.14. The average molecular weight is 285 g/mol. The number of hydrogen-bond acceptors (Lipinski definition) is 5. The number of nitrogens with one attached hydrogen (secondary N) is 1. The Bertz CT molecular complexity index is 763. The molecule has 7 heteroatoms. The lowest BCUT2D eigenvalue weighted by Gasteiger charge is -2.15. The number of nitrogens with zero attached hydrogens (tertiary/aromatic N) is 6. The zero-order valence-electron chi connectivity index (χ0n) is 12.7. The zero-order valence-corrected chi connectivity index (χ0v) is 12.7. The van der Waals surface area contributed by atoms with Crippen LogP contribution in [0, 0.1) is 0 Å². The van der Waals surface area contributed by atoms with Gasteiger partial charge in [0.25, 0.3) is 0 Å². The molecule has 3 heterocycles. The van der Waals surface area contributed by atoms with Gasteiger partial charge in [-0.15, -0.1) is 15.3 Å². The lowest BCUT2D eigenvalue weighted by Crippen LogP contribution is -2.17. The predicted molar refractivity (Wildman–Crippen MR) is 80.0 cm³/mol. The summed E-state index contributed by atoms with van der Waals surface area (Å²) >= 11 is 0. The summed E-state index contributed by atoms with van der Waals surface area (Å²) in [5.41, 5.74) is 1.76. The monoisotopic (exact) mass is 285 g/mol. The van der Waals surface area contributed by atoms with Gasteiger partial charge < -0.3 is 5.32 Å². The first kappa shape index (κ1) is 13.5. The van der Waals surface area contributed by atoms with Crippen molar-refractivity contribution in [2.45, 2.75) is 32.7 Å². The van der Waals surface area contributed by atoms with E-state index in [0.717, 1.165) is 22.9 Å². The molecule has 3 aromatic heterocycles. The number of aromatic nitrogens is 6. The Morgan fingerprint density at radius 3 is 2.67 bits per heavy atom. The van der Waals surface area contributed by atoms with Gasteiger partial charge in [-0.2, -0.15) is 9.61 Å². The lowest BCUT2D eigenvalue weighted by molar-refractivity contribution is 0.527. The van der Waals surface area contributed by atoms with Gasteiger partial charge in [0.15, 0.2) is 11.5 Å². The Balaban J connectivity index is 1.86. The van der Waals surface area contributed by atoms with E-state index < -0.39 is 0 Å². The molecule has 0 bridgehead atoms. The summed E-state index contributed by atoms with van der Waals surface area (Å²) in [6, 6.07) is 3.83. The fourth-order valence-electron chi connectivity index (χ4n) is 2.11. The van der Waals surface area contributed by atoms with Crippen molar-refractivity contribution in [3.05, 3.63) is 35.9 Å². The number of fused-ring (bicyclic) bond motifs is 1. The maximum absolute atomic E-state index is 4.58. The topological polar surface area (TPSA) is 72.9 Å². The number of anilines is 1. The van der Waals surface area contributed by atoms with Crippen LogP contribution in [0.5, 0.6) is 0 Å². The van der Waals surface area contributed by atoms with Crippen LogP contribution >= 0.6 is 0 Å². The third-order valence-electron chi connectivity index (χ3n) is 3.17. The van der Waals surface area contributed by atoms with Gasteiger partial charge in [-0.1, -0.05) is 20.8 Å². The van der Waals surface area contributed by atoms with Crippen molar-refractivity contribution in [1.29, 1.82) is 0 Å². The third kappa shape index (κ3) is 2.72. The van der Waals surface area contributed by atoms with E-state index in [9.17, 15) is 0 Å². The highest BCUT2D eigenvalue weighted by Crippen LogP contribution is 2.20. The molecule has 0 fully saturated rings. The SMILES string of the molecule is Cn1cc(CNc2ccc3nnc(C(C)(C)C)n3n2)cn1. The van der Waals surface area contributed by atoms with Gasteiger partial charge >= 0.3 is 0 Å². The molecule has 3 aromatic rings. The van der Waals surface area contributed by atoms with Gasteiger partial charge in [0.05, 0.1) is 6.20 Å². The average Bonchev–Trinajstić information content (AvgIpc) is 3.01. The second kappa shape index (κ2) is 4.83. The summed E-state index contributed by atoms with van der Waals surface area (Å²) in [5.74, 6) is 1.64. The maximum atomic E-state index is 4.58. The summed E-state index contributed by atoms with van der Waals surface area (Å²) in [6.07, 6.45) is 3.82. The molecular formula is C14H19N7. The lowest BCUT2D eigenvalue weighted by atomic mass is 9.96. The smallest absolute Gasteiger partial charge is 0.178 e. The molecule has 0 aromatic carbocycles. The van der Waals surface area contributed by atoms with Gasteiger partial charge in [-0.05, 0) is 12.1 Å². The first-order valence-corrected chi connectivity index (χ1v) is 6.88. The molecular weight excluding hydrogens is 266 g/mol. The molecule has 7 nitrogen and oxygen atoms in total. The summed E-state index contributed by atoms with van der Waals surface area (Å²) in [5, 5.41) is 20.4. The van der Waals surface area contributed by atoms with Crippen LogP contribution in [0.25, 0.3) is 5.65 Å². The van der Waals surface area contributed by atoms with E-state index in [4.69, 9.17) is 0 Å². The minimum Gasteiger partial charge on any atom is -0.364 e. The van der Waals surface area contributed by atoms with Crippen molar-refractivity contribution in [2.75, 3.05) is 5.32 Å². The zero-order chi connectivity index (χ0) is 15.0. The molecule has 0 aliphatic carbocycles. The van der Waals surface area contributed by atoms with Crippen molar-refractivity contribution >= 4 is 11.5 Å². The normalized spacial score (nSPS) is 12.0. The van der Waals surface area contributed by atoms with Crippen LogP contribution in [-0.2, 0) is 19.0 Å². The number of rotatable bonds is 3. The highest BCUT2D eigenvalue weighted by atomic mass is 15.4. The van der Waals surface area contributed by atoms with E-state index >= 15 is 0 Å². The summed E-state index contributed by atoms with van der Waals surface area (Å²) in [6.45, 7) is 6.97. The number of aryl methyl sites for hydroxylation is 1. The Morgan fingerprint density at radius 1 is 1.19 bits per heavy atom. The first-order chi connectivity index (χ1) is 9.93. The molecule has 0 saturated carbocycles. The fourth-order valence-corrected chi connectivity index (χ4v) is 2.11. The molecule has 0 spiro atoms. The standard InChI is InChI=1S/C14H19N7/c1-14(2,3)13-18-17-12-6-5-11(19-21(12)13)15-7-10-8-16-20(4)9-10/h5-6,8-9H,7H2,1-4H3,(H,15,19). The van der Waals surface area contributed by atoms with E-state index in [-0.39, 0.29) is 5.41 Å².